The zero-order valence-corrected chi connectivity index (χ0v) is 10.4. The highest BCUT2D eigenvalue weighted by Crippen LogP contribution is 1.99. The van der Waals surface area contributed by atoms with Crippen LogP contribution in [0.25, 0.3) is 6.20 Å². The molecule has 0 fully saturated rings. The molecule has 6 heteroatoms. The Morgan fingerprint density at radius 1 is 1.69 bits per heavy atom. The molecule has 1 atom stereocenters. The van der Waals surface area contributed by atoms with E-state index in [1.807, 2.05) is 13.1 Å². The summed E-state index contributed by atoms with van der Waals surface area (Å²) in [7, 11) is -2.93. The molecule has 0 radical (unpaired) electrons. The third-order valence-electron chi connectivity index (χ3n) is 2.05. The normalized spacial score (nSPS) is 13.6. The van der Waals surface area contributed by atoms with E-state index >= 15 is 0 Å². The van der Waals surface area contributed by atoms with Crippen LogP contribution in [0.4, 0.5) is 0 Å². The van der Waals surface area contributed by atoms with E-state index in [0.717, 1.165) is 5.56 Å². The Kier molecular flexibility index (Phi) is 4.26. The van der Waals surface area contributed by atoms with Crippen LogP contribution in [0.1, 0.15) is 12.5 Å². The van der Waals surface area contributed by atoms with Crippen molar-refractivity contribution in [3.05, 3.63) is 24.5 Å². The highest BCUT2D eigenvalue weighted by atomic mass is 32.2. The minimum atomic E-state index is -2.93. The molecule has 0 bridgehead atoms. The fourth-order valence-corrected chi connectivity index (χ4v) is 2.40. The summed E-state index contributed by atoms with van der Waals surface area (Å²) in [6.07, 6.45) is 6.40. The van der Waals surface area contributed by atoms with Gasteiger partial charge in [0.2, 0.25) is 0 Å². The smallest absolute Gasteiger partial charge is 0.148 e. The maximum Gasteiger partial charge on any atom is 0.148 e. The molecule has 0 aliphatic carbocycles. The summed E-state index contributed by atoms with van der Waals surface area (Å²) in [4.78, 5) is 0. The van der Waals surface area contributed by atoms with Crippen LogP contribution in [0.5, 0.6) is 0 Å². The zero-order chi connectivity index (χ0) is 12.2. The quantitative estimate of drug-likeness (QED) is 0.790. The van der Waals surface area contributed by atoms with Crippen molar-refractivity contribution in [2.45, 2.75) is 19.5 Å². The number of nitrogens with one attached hydrogen (secondary N) is 1. The number of hydrogen-bond donors (Lipinski definition) is 1. The van der Waals surface area contributed by atoms with E-state index < -0.39 is 9.84 Å². The van der Waals surface area contributed by atoms with E-state index in [0.29, 0.717) is 6.54 Å². The van der Waals surface area contributed by atoms with Crippen LogP contribution in [0.15, 0.2) is 19.0 Å². The Hall–Kier alpha value is -1.14. The second kappa shape index (κ2) is 5.27. The summed E-state index contributed by atoms with van der Waals surface area (Å²) in [5.74, 6) is 0.141. The van der Waals surface area contributed by atoms with Crippen molar-refractivity contribution < 1.29 is 8.42 Å². The Morgan fingerprint density at radius 2 is 2.38 bits per heavy atom. The SMILES string of the molecule is C=Cn1cc(CNC(C)CS(C)(=O)=O)cn1. The molecule has 0 saturated heterocycles. The molecule has 0 aromatic carbocycles. The van der Waals surface area contributed by atoms with Crippen LogP contribution in [0.3, 0.4) is 0 Å². The maximum absolute atomic E-state index is 11.0. The number of hydrogen-bond acceptors (Lipinski definition) is 4. The first kappa shape index (κ1) is 12.9. The lowest BCUT2D eigenvalue weighted by atomic mass is 10.3. The minimum absolute atomic E-state index is 0.0675. The lowest BCUT2D eigenvalue weighted by molar-refractivity contribution is 0.560. The third kappa shape index (κ3) is 4.59. The lowest BCUT2D eigenvalue weighted by Crippen LogP contribution is -2.32. The summed E-state index contributed by atoms with van der Waals surface area (Å²) >= 11 is 0. The first-order valence-electron chi connectivity index (χ1n) is 4.97. The van der Waals surface area contributed by atoms with Gasteiger partial charge in [-0.1, -0.05) is 6.58 Å². The van der Waals surface area contributed by atoms with Gasteiger partial charge in [0.15, 0.2) is 0 Å². The first-order valence-corrected chi connectivity index (χ1v) is 7.03. The predicted octanol–water partition coefficient (Wildman–Crippen LogP) is 0.506. The van der Waals surface area contributed by atoms with Gasteiger partial charge in [-0.25, -0.2) is 13.1 Å². The molecule has 1 aromatic heterocycles. The van der Waals surface area contributed by atoms with Gasteiger partial charge in [-0.2, -0.15) is 5.10 Å². The number of rotatable bonds is 6. The van der Waals surface area contributed by atoms with Crippen molar-refractivity contribution in [3.8, 4) is 0 Å². The second-order valence-corrected chi connectivity index (χ2v) is 6.07. The lowest BCUT2D eigenvalue weighted by Gasteiger charge is -2.11. The molecule has 1 rings (SSSR count). The van der Waals surface area contributed by atoms with E-state index in [1.54, 1.807) is 17.1 Å². The standard InChI is InChI=1S/C10H17N3O2S/c1-4-13-7-10(6-12-13)5-11-9(2)8-16(3,14)15/h4,6-7,9,11H,1,5,8H2,2-3H3. The van der Waals surface area contributed by atoms with Crippen molar-refractivity contribution in [2.24, 2.45) is 0 Å². The number of aromatic nitrogens is 2. The van der Waals surface area contributed by atoms with Crippen molar-refractivity contribution in [2.75, 3.05) is 12.0 Å². The molecule has 1 heterocycles. The van der Waals surface area contributed by atoms with Crippen LogP contribution in [-0.4, -0.2) is 36.2 Å². The van der Waals surface area contributed by atoms with E-state index in [9.17, 15) is 8.42 Å². The van der Waals surface area contributed by atoms with Gasteiger partial charge in [-0.05, 0) is 6.92 Å². The van der Waals surface area contributed by atoms with Gasteiger partial charge in [0.25, 0.3) is 0 Å². The second-order valence-electron chi connectivity index (χ2n) is 3.89. The van der Waals surface area contributed by atoms with Gasteiger partial charge < -0.3 is 5.32 Å². The van der Waals surface area contributed by atoms with Gasteiger partial charge in [0, 0.05) is 36.8 Å². The van der Waals surface area contributed by atoms with Crippen molar-refractivity contribution in [1.29, 1.82) is 0 Å². The topological polar surface area (TPSA) is 64.0 Å². The molecule has 0 aliphatic heterocycles. The van der Waals surface area contributed by atoms with E-state index in [1.165, 1.54) is 6.26 Å². The van der Waals surface area contributed by atoms with Gasteiger partial charge in [0.1, 0.15) is 9.84 Å². The first-order chi connectivity index (χ1) is 7.40. The van der Waals surface area contributed by atoms with Crippen LogP contribution >= 0.6 is 0 Å². The van der Waals surface area contributed by atoms with Crippen LogP contribution < -0.4 is 5.32 Å². The fraction of sp³-hybridized carbons (Fsp3) is 0.500. The number of nitrogens with zero attached hydrogens (tertiary/aromatic N) is 2. The van der Waals surface area contributed by atoms with E-state index in [4.69, 9.17) is 0 Å². The summed E-state index contributed by atoms with van der Waals surface area (Å²) in [5, 5.41) is 7.15. The Labute approximate surface area is 96.1 Å². The Balaban J connectivity index is 2.42. The molecule has 0 saturated carbocycles. The van der Waals surface area contributed by atoms with Gasteiger partial charge >= 0.3 is 0 Å². The molecular formula is C10H17N3O2S. The average molecular weight is 243 g/mol. The van der Waals surface area contributed by atoms with Gasteiger partial charge in [-0.15, -0.1) is 0 Å². The van der Waals surface area contributed by atoms with Gasteiger partial charge in [0.05, 0.1) is 11.9 Å². The zero-order valence-electron chi connectivity index (χ0n) is 9.55. The Morgan fingerprint density at radius 3 is 2.88 bits per heavy atom. The maximum atomic E-state index is 11.0. The van der Waals surface area contributed by atoms with Gasteiger partial charge in [-0.3, -0.25) is 0 Å². The molecule has 5 nitrogen and oxygen atoms in total. The summed E-state index contributed by atoms with van der Waals surface area (Å²) < 4.78 is 23.7. The minimum Gasteiger partial charge on any atom is -0.309 e. The van der Waals surface area contributed by atoms with Crippen molar-refractivity contribution in [1.82, 2.24) is 15.1 Å². The molecule has 90 valence electrons. The van der Waals surface area contributed by atoms with Crippen LogP contribution in [0, 0.1) is 0 Å². The predicted molar refractivity (Wildman–Crippen MR) is 64.6 cm³/mol. The summed E-state index contributed by atoms with van der Waals surface area (Å²) in [5.41, 5.74) is 1.00. The highest BCUT2D eigenvalue weighted by molar-refractivity contribution is 7.90. The molecule has 1 N–H and O–H groups in total. The molecule has 0 aliphatic rings. The monoisotopic (exact) mass is 243 g/mol. The molecule has 16 heavy (non-hydrogen) atoms. The van der Waals surface area contributed by atoms with Crippen LogP contribution in [-0.2, 0) is 16.4 Å². The molecule has 1 unspecified atom stereocenters. The van der Waals surface area contributed by atoms with E-state index in [-0.39, 0.29) is 11.8 Å². The summed E-state index contributed by atoms with van der Waals surface area (Å²) in [6.45, 7) is 6.04. The fourth-order valence-electron chi connectivity index (χ4n) is 1.37. The molecular weight excluding hydrogens is 226 g/mol. The van der Waals surface area contributed by atoms with Crippen molar-refractivity contribution >= 4 is 16.0 Å². The molecule has 1 aromatic rings. The molecule has 0 spiro atoms. The average Bonchev–Trinajstić information content (AvgIpc) is 2.59. The Bertz CT molecular complexity index is 450. The van der Waals surface area contributed by atoms with E-state index in [2.05, 4.69) is 17.0 Å². The summed E-state index contributed by atoms with van der Waals surface area (Å²) in [6, 6.07) is -0.0675. The highest BCUT2D eigenvalue weighted by Gasteiger charge is 2.09. The third-order valence-corrected chi connectivity index (χ3v) is 3.15. The van der Waals surface area contributed by atoms with Crippen molar-refractivity contribution in [3.63, 3.8) is 0 Å². The molecule has 0 amide bonds. The number of sulfone groups is 1. The van der Waals surface area contributed by atoms with Crippen LogP contribution in [0.2, 0.25) is 0 Å². The largest absolute Gasteiger partial charge is 0.309 e.